The maximum absolute atomic E-state index is 12.2. The number of hydrogen-bond donors (Lipinski definition) is 0. The van der Waals surface area contributed by atoms with E-state index in [4.69, 9.17) is 15.8 Å². The molecule has 2 fully saturated rings. The van der Waals surface area contributed by atoms with Gasteiger partial charge in [-0.05, 0) is 44.2 Å². The fourth-order valence-electron chi connectivity index (χ4n) is 3.22. The summed E-state index contributed by atoms with van der Waals surface area (Å²) in [6.45, 7) is 1.92. The molecule has 2 saturated carbocycles. The van der Waals surface area contributed by atoms with Crippen molar-refractivity contribution < 1.29 is 12.6 Å². The van der Waals surface area contributed by atoms with Crippen LogP contribution >= 0.6 is 11.6 Å². The van der Waals surface area contributed by atoms with Crippen molar-refractivity contribution in [3.63, 3.8) is 0 Å². The zero-order valence-corrected chi connectivity index (χ0v) is 12.3. The molecule has 19 heavy (non-hydrogen) atoms. The maximum Gasteiger partial charge on any atom is 0.297 e. The molecule has 3 rings (SSSR count). The van der Waals surface area contributed by atoms with E-state index < -0.39 is 10.1 Å². The molecule has 3 nitrogen and oxygen atoms in total. The molecule has 5 heteroatoms. The molecular formula is C14H17ClO3S. The van der Waals surface area contributed by atoms with E-state index in [-0.39, 0.29) is 22.3 Å². The standard InChI is InChI=1S/C14H17ClO3S/c1-9-2-5-11(6-3-9)19(16,17)18-13-8-10-4-7-12(13)14(10)15/h2-3,5-6,10,12-14H,4,7-8H2,1H3/t10-,12+,13+,14-/m1/s1. The second-order valence-electron chi connectivity index (χ2n) is 5.58. The van der Waals surface area contributed by atoms with Gasteiger partial charge in [0.15, 0.2) is 0 Å². The Morgan fingerprint density at radius 3 is 2.42 bits per heavy atom. The van der Waals surface area contributed by atoms with Crippen LogP contribution in [-0.4, -0.2) is 19.9 Å². The van der Waals surface area contributed by atoms with Crippen molar-refractivity contribution in [2.24, 2.45) is 11.8 Å². The molecule has 0 unspecified atom stereocenters. The van der Waals surface area contributed by atoms with Crippen LogP contribution < -0.4 is 0 Å². The Morgan fingerprint density at radius 2 is 1.89 bits per heavy atom. The fourth-order valence-corrected chi connectivity index (χ4v) is 4.86. The highest BCUT2D eigenvalue weighted by molar-refractivity contribution is 7.86. The summed E-state index contributed by atoms with van der Waals surface area (Å²) in [5.74, 6) is 0.608. The highest BCUT2D eigenvalue weighted by atomic mass is 35.5. The summed E-state index contributed by atoms with van der Waals surface area (Å²) in [4.78, 5) is 0.229. The molecule has 0 aromatic heterocycles. The summed E-state index contributed by atoms with van der Waals surface area (Å²) < 4.78 is 29.9. The van der Waals surface area contributed by atoms with E-state index >= 15 is 0 Å². The van der Waals surface area contributed by atoms with Crippen LogP contribution in [0.5, 0.6) is 0 Å². The summed E-state index contributed by atoms with van der Waals surface area (Å²) >= 11 is 6.29. The van der Waals surface area contributed by atoms with Crippen molar-refractivity contribution in [3.05, 3.63) is 29.8 Å². The Hall–Kier alpha value is -0.580. The summed E-state index contributed by atoms with van der Waals surface area (Å²) in [6, 6.07) is 6.74. The quantitative estimate of drug-likeness (QED) is 0.636. The lowest BCUT2D eigenvalue weighted by Gasteiger charge is -2.21. The Morgan fingerprint density at radius 1 is 1.21 bits per heavy atom. The Kier molecular flexibility index (Phi) is 3.36. The number of benzene rings is 1. The van der Waals surface area contributed by atoms with Gasteiger partial charge >= 0.3 is 0 Å². The predicted octanol–water partition coefficient (Wildman–Crippen LogP) is 3.11. The normalized spacial score (nSPS) is 33.8. The monoisotopic (exact) mass is 300 g/mol. The van der Waals surface area contributed by atoms with Gasteiger partial charge in [0.2, 0.25) is 0 Å². The van der Waals surface area contributed by atoms with E-state index in [1.54, 1.807) is 24.3 Å². The number of halogens is 1. The first kappa shape index (κ1) is 13.4. The third kappa shape index (κ3) is 2.41. The van der Waals surface area contributed by atoms with Crippen molar-refractivity contribution in [3.8, 4) is 0 Å². The second-order valence-corrected chi connectivity index (χ2v) is 7.66. The highest BCUT2D eigenvalue weighted by Crippen LogP contribution is 2.49. The minimum Gasteiger partial charge on any atom is -0.263 e. The fraction of sp³-hybridized carbons (Fsp3) is 0.571. The van der Waals surface area contributed by atoms with Gasteiger partial charge in [-0.1, -0.05) is 17.7 Å². The summed E-state index contributed by atoms with van der Waals surface area (Å²) in [7, 11) is -3.66. The van der Waals surface area contributed by atoms with Gasteiger partial charge < -0.3 is 0 Å². The molecule has 0 radical (unpaired) electrons. The van der Waals surface area contributed by atoms with E-state index in [1.165, 1.54) is 0 Å². The molecular weight excluding hydrogens is 284 g/mol. The van der Waals surface area contributed by atoms with Crippen molar-refractivity contribution >= 4 is 21.7 Å². The van der Waals surface area contributed by atoms with Gasteiger partial charge in [-0.25, -0.2) is 0 Å². The van der Waals surface area contributed by atoms with Crippen LogP contribution in [0.2, 0.25) is 0 Å². The molecule has 2 bridgehead atoms. The first-order valence-corrected chi connectivity index (χ1v) is 8.46. The Labute approximate surface area is 119 Å². The molecule has 0 N–H and O–H groups in total. The highest BCUT2D eigenvalue weighted by Gasteiger charge is 2.49. The number of hydrogen-bond acceptors (Lipinski definition) is 3. The minimum atomic E-state index is -3.66. The van der Waals surface area contributed by atoms with E-state index in [1.807, 2.05) is 6.92 Å². The Bertz CT molecular complexity index is 567. The Balaban J connectivity index is 1.78. The molecule has 0 amide bonds. The lowest BCUT2D eigenvalue weighted by molar-refractivity contribution is 0.146. The first-order valence-electron chi connectivity index (χ1n) is 6.61. The van der Waals surface area contributed by atoms with Gasteiger partial charge in [0, 0.05) is 11.3 Å². The number of alkyl halides is 1. The number of aryl methyl sites for hydroxylation is 1. The van der Waals surface area contributed by atoms with Crippen molar-refractivity contribution in [2.45, 2.75) is 42.6 Å². The largest absolute Gasteiger partial charge is 0.297 e. The molecule has 0 saturated heterocycles. The van der Waals surface area contributed by atoms with Gasteiger partial charge in [-0.15, -0.1) is 11.6 Å². The molecule has 1 aromatic carbocycles. The molecule has 104 valence electrons. The van der Waals surface area contributed by atoms with Crippen LogP contribution in [0.15, 0.2) is 29.2 Å². The second kappa shape index (κ2) is 4.76. The molecule has 2 aliphatic carbocycles. The average molecular weight is 301 g/mol. The van der Waals surface area contributed by atoms with E-state index in [9.17, 15) is 8.42 Å². The SMILES string of the molecule is Cc1ccc(S(=O)(=O)O[C@H]2C[C@H]3CC[C@@H]2[C@@H]3Cl)cc1. The van der Waals surface area contributed by atoms with Gasteiger partial charge in [0.05, 0.1) is 11.0 Å². The summed E-state index contributed by atoms with van der Waals surface area (Å²) in [5, 5.41) is 0.0817. The molecule has 0 spiro atoms. The molecule has 1 aromatic rings. The van der Waals surface area contributed by atoms with Crippen LogP contribution in [0.1, 0.15) is 24.8 Å². The van der Waals surface area contributed by atoms with Crippen LogP contribution in [0.4, 0.5) is 0 Å². The molecule has 0 aliphatic heterocycles. The van der Waals surface area contributed by atoms with Gasteiger partial charge in [0.25, 0.3) is 10.1 Å². The zero-order chi connectivity index (χ0) is 13.6. The third-order valence-corrected chi connectivity index (χ3v) is 6.33. The lowest BCUT2D eigenvalue weighted by Crippen LogP contribution is -2.25. The summed E-state index contributed by atoms with van der Waals surface area (Å²) in [6.07, 6.45) is 2.60. The van der Waals surface area contributed by atoms with Crippen LogP contribution in [0, 0.1) is 18.8 Å². The van der Waals surface area contributed by atoms with Crippen molar-refractivity contribution in [2.75, 3.05) is 0 Å². The maximum atomic E-state index is 12.2. The minimum absolute atomic E-state index is 0.0817. The number of fused-ring (bicyclic) bond motifs is 2. The zero-order valence-electron chi connectivity index (χ0n) is 10.8. The molecule has 0 heterocycles. The number of rotatable bonds is 3. The molecule has 2 aliphatic rings. The van der Waals surface area contributed by atoms with E-state index in [0.717, 1.165) is 24.8 Å². The van der Waals surface area contributed by atoms with Crippen molar-refractivity contribution in [1.82, 2.24) is 0 Å². The van der Waals surface area contributed by atoms with Crippen LogP contribution in [0.3, 0.4) is 0 Å². The van der Waals surface area contributed by atoms with Gasteiger partial charge in [-0.2, -0.15) is 8.42 Å². The van der Waals surface area contributed by atoms with Crippen molar-refractivity contribution in [1.29, 1.82) is 0 Å². The van der Waals surface area contributed by atoms with E-state index in [2.05, 4.69) is 0 Å². The predicted molar refractivity (Wildman–Crippen MR) is 73.7 cm³/mol. The topological polar surface area (TPSA) is 43.4 Å². The summed E-state index contributed by atoms with van der Waals surface area (Å²) in [5.41, 5.74) is 1.03. The first-order chi connectivity index (χ1) is 8.97. The van der Waals surface area contributed by atoms with Crippen LogP contribution in [0.25, 0.3) is 0 Å². The van der Waals surface area contributed by atoms with E-state index in [0.29, 0.717) is 5.92 Å². The van der Waals surface area contributed by atoms with Crippen LogP contribution in [-0.2, 0) is 14.3 Å². The average Bonchev–Trinajstić information content (AvgIpc) is 2.84. The lowest BCUT2D eigenvalue weighted by atomic mass is 9.98. The smallest absolute Gasteiger partial charge is 0.263 e. The van der Waals surface area contributed by atoms with Gasteiger partial charge in [0.1, 0.15) is 0 Å². The molecule has 4 atom stereocenters. The third-order valence-electron chi connectivity index (χ3n) is 4.30. The van der Waals surface area contributed by atoms with Gasteiger partial charge in [-0.3, -0.25) is 4.18 Å².